The smallest absolute Gasteiger partial charge is 0.129 e. The fourth-order valence-electron chi connectivity index (χ4n) is 7.15. The summed E-state index contributed by atoms with van der Waals surface area (Å²) in [5.41, 5.74) is 7.75. The van der Waals surface area contributed by atoms with Crippen LogP contribution in [0.4, 0.5) is 0 Å². The second-order valence-corrected chi connectivity index (χ2v) is 9.76. The van der Waals surface area contributed by atoms with E-state index in [1.165, 1.54) is 38.5 Å². The van der Waals surface area contributed by atoms with Crippen LogP contribution in [0.25, 0.3) is 0 Å². The van der Waals surface area contributed by atoms with E-state index in [1.54, 1.807) is 5.57 Å². The molecule has 0 aliphatic heterocycles. The predicted molar refractivity (Wildman–Crippen MR) is 105 cm³/mol. The number of rotatable bonds is 4. The molecule has 0 aromatic heterocycles. The quantitative estimate of drug-likeness (QED) is 0.346. The second-order valence-electron chi connectivity index (χ2n) is 9.76. The molecule has 3 fully saturated rings. The first-order valence-electron chi connectivity index (χ1n) is 10.7. The number of hydrogen-bond donors (Lipinski definition) is 2. The van der Waals surface area contributed by atoms with Crippen LogP contribution in [0.3, 0.4) is 0 Å². The van der Waals surface area contributed by atoms with E-state index in [4.69, 9.17) is 10.6 Å². The first-order valence-corrected chi connectivity index (χ1v) is 10.7. The van der Waals surface area contributed by atoms with Gasteiger partial charge in [-0.2, -0.15) is 0 Å². The lowest BCUT2D eigenvalue weighted by Gasteiger charge is -2.57. The van der Waals surface area contributed by atoms with Crippen molar-refractivity contribution < 1.29 is 9.94 Å². The maximum Gasteiger partial charge on any atom is 0.129 e. The molecule has 146 valence electrons. The number of aliphatic hydroxyl groups is 1. The lowest BCUT2D eigenvalue weighted by Crippen LogP contribution is -2.50. The van der Waals surface area contributed by atoms with Crippen molar-refractivity contribution in [1.82, 2.24) is 0 Å². The molecule has 4 rings (SSSR count). The Balaban J connectivity index is 1.53. The zero-order valence-corrected chi connectivity index (χ0v) is 16.5. The Morgan fingerprint density at radius 1 is 1.23 bits per heavy atom. The van der Waals surface area contributed by atoms with E-state index in [2.05, 4.69) is 31.3 Å². The van der Waals surface area contributed by atoms with Gasteiger partial charge in [-0.05, 0) is 80.0 Å². The van der Waals surface area contributed by atoms with Crippen molar-refractivity contribution in [2.24, 2.45) is 45.4 Å². The summed E-state index contributed by atoms with van der Waals surface area (Å²) in [7, 11) is 0. The Morgan fingerprint density at radius 2 is 2.08 bits per heavy atom. The van der Waals surface area contributed by atoms with E-state index < -0.39 is 0 Å². The highest BCUT2D eigenvalue weighted by molar-refractivity contribution is 5.62. The van der Waals surface area contributed by atoms with Crippen molar-refractivity contribution in [3.05, 3.63) is 11.6 Å². The van der Waals surface area contributed by atoms with E-state index in [0.29, 0.717) is 29.9 Å². The lowest BCUT2D eigenvalue weighted by atomic mass is 9.47. The fraction of sp³-hybridized carbons (Fsp3) is 0.864. The molecule has 3 N–H and O–H groups in total. The molecule has 4 aliphatic carbocycles. The summed E-state index contributed by atoms with van der Waals surface area (Å²) in [6.45, 7) is 6.03. The first-order chi connectivity index (χ1) is 12.5. The minimum Gasteiger partial charge on any atom is -0.395 e. The third kappa shape index (κ3) is 2.84. The van der Waals surface area contributed by atoms with Gasteiger partial charge >= 0.3 is 0 Å². The molecular weight excluding hydrogens is 324 g/mol. The van der Waals surface area contributed by atoms with E-state index in [-0.39, 0.29) is 6.10 Å². The molecule has 0 amide bonds. The number of nitrogens with two attached hydrogens (primary N) is 1. The zero-order chi connectivity index (χ0) is 18.4. The van der Waals surface area contributed by atoms with Crippen LogP contribution in [0.2, 0.25) is 0 Å². The van der Waals surface area contributed by atoms with Crippen LogP contribution in [0.1, 0.15) is 65.2 Å². The van der Waals surface area contributed by atoms with Crippen molar-refractivity contribution >= 4 is 6.21 Å². The van der Waals surface area contributed by atoms with Crippen molar-refractivity contribution in [1.29, 1.82) is 0 Å². The first kappa shape index (κ1) is 18.5. The Kier molecular flexibility index (Phi) is 4.94. The molecule has 0 unspecified atom stereocenters. The van der Waals surface area contributed by atoms with E-state index >= 15 is 0 Å². The van der Waals surface area contributed by atoms with Gasteiger partial charge < -0.3 is 15.7 Å². The fourth-order valence-corrected chi connectivity index (χ4v) is 7.15. The van der Waals surface area contributed by atoms with Crippen LogP contribution >= 0.6 is 0 Å². The molecule has 0 spiro atoms. The van der Waals surface area contributed by atoms with Gasteiger partial charge in [0.2, 0.25) is 0 Å². The molecule has 26 heavy (non-hydrogen) atoms. The van der Waals surface area contributed by atoms with E-state index in [9.17, 15) is 5.11 Å². The molecular formula is C22H36N2O2. The number of allylic oxidation sites excluding steroid dienone is 1. The van der Waals surface area contributed by atoms with Crippen molar-refractivity contribution in [2.45, 2.75) is 71.3 Å². The summed E-state index contributed by atoms with van der Waals surface area (Å²) in [4.78, 5) is 5.28. The number of aliphatic hydroxyl groups excluding tert-OH is 1. The maximum absolute atomic E-state index is 10.1. The largest absolute Gasteiger partial charge is 0.395 e. The average Bonchev–Trinajstić information content (AvgIpc) is 2.96. The summed E-state index contributed by atoms with van der Waals surface area (Å²) >= 11 is 0. The van der Waals surface area contributed by atoms with Crippen LogP contribution in [0, 0.1) is 34.5 Å². The van der Waals surface area contributed by atoms with E-state index in [1.807, 2.05) is 0 Å². The van der Waals surface area contributed by atoms with E-state index in [0.717, 1.165) is 30.6 Å². The molecule has 0 saturated heterocycles. The highest BCUT2D eigenvalue weighted by atomic mass is 16.6. The topological polar surface area (TPSA) is 67.8 Å². The van der Waals surface area contributed by atoms with Gasteiger partial charge in [-0.3, -0.25) is 0 Å². The summed E-state index contributed by atoms with van der Waals surface area (Å²) in [5.74, 6) is 2.95. The highest BCUT2D eigenvalue weighted by Crippen LogP contribution is 2.65. The zero-order valence-electron chi connectivity index (χ0n) is 16.5. The Labute approximate surface area is 158 Å². The van der Waals surface area contributed by atoms with Crippen molar-refractivity contribution in [2.75, 3.05) is 13.2 Å². The number of fused-ring (bicyclic) bond motifs is 5. The summed E-state index contributed by atoms with van der Waals surface area (Å²) in [5, 5.41) is 14.4. The van der Waals surface area contributed by atoms with Crippen LogP contribution in [0.5, 0.6) is 0 Å². The predicted octanol–water partition coefficient (Wildman–Crippen LogP) is 3.89. The lowest BCUT2D eigenvalue weighted by molar-refractivity contribution is -0.0421. The molecule has 7 atom stereocenters. The number of hydrogen-bond acceptors (Lipinski definition) is 4. The average molecular weight is 361 g/mol. The standard InChI is InChI=1S/C22H36N2O2/c1-21-9-7-17(25)13-15(21)3-5-18-19-6-4-16(14-24-26-12-11-23)22(19,2)10-8-20(18)21/h3,14,16-20,25H,4-13,23H2,1-2H3/b24-14+/t16-,17+,18+,19+,20+,21+,22-/m1/s1. The summed E-state index contributed by atoms with van der Waals surface area (Å²) in [6.07, 6.45) is 14.0. The van der Waals surface area contributed by atoms with Gasteiger partial charge in [-0.15, -0.1) is 0 Å². The third-order valence-corrected chi connectivity index (χ3v) is 8.68. The van der Waals surface area contributed by atoms with Crippen molar-refractivity contribution in [3.63, 3.8) is 0 Å². The second kappa shape index (κ2) is 6.94. The van der Waals surface area contributed by atoms with Crippen LogP contribution in [-0.2, 0) is 4.84 Å². The molecule has 4 aliphatic rings. The van der Waals surface area contributed by atoms with Gasteiger partial charge in [0, 0.05) is 18.7 Å². The van der Waals surface area contributed by atoms with Gasteiger partial charge in [0.25, 0.3) is 0 Å². The molecule has 0 heterocycles. The normalized spacial score (nSPS) is 47.8. The number of oxime groups is 1. The summed E-state index contributed by atoms with van der Waals surface area (Å²) in [6, 6.07) is 0. The highest BCUT2D eigenvalue weighted by Gasteiger charge is 2.58. The summed E-state index contributed by atoms with van der Waals surface area (Å²) < 4.78 is 0. The van der Waals surface area contributed by atoms with Crippen molar-refractivity contribution in [3.8, 4) is 0 Å². The van der Waals surface area contributed by atoms with Gasteiger partial charge in [0.15, 0.2) is 0 Å². The van der Waals surface area contributed by atoms with Gasteiger partial charge in [0.05, 0.1) is 6.10 Å². The molecule has 4 nitrogen and oxygen atoms in total. The number of nitrogens with zero attached hydrogens (tertiary/aromatic N) is 1. The van der Waals surface area contributed by atoms with Crippen LogP contribution in [0.15, 0.2) is 16.8 Å². The SMILES string of the molecule is C[C@]12CC[C@H]3[C@@H](CC=C4C[C@@H](O)CC[C@@]43C)[C@@H]1CC[C@@H]2/C=N/OCCN. The molecule has 0 radical (unpaired) electrons. The van der Waals surface area contributed by atoms with Gasteiger partial charge in [0.1, 0.15) is 6.61 Å². The Hall–Kier alpha value is -0.870. The maximum atomic E-state index is 10.1. The molecule has 0 aromatic rings. The molecule has 0 bridgehead atoms. The van der Waals surface area contributed by atoms with Crippen LogP contribution in [-0.4, -0.2) is 30.6 Å². The minimum absolute atomic E-state index is 0.111. The third-order valence-electron chi connectivity index (χ3n) is 8.68. The Bertz CT molecular complexity index is 589. The monoisotopic (exact) mass is 360 g/mol. The van der Waals surface area contributed by atoms with Gasteiger partial charge in [-0.1, -0.05) is 30.7 Å². The molecule has 4 heteroatoms. The van der Waals surface area contributed by atoms with Gasteiger partial charge in [-0.25, -0.2) is 0 Å². The molecule has 0 aromatic carbocycles. The van der Waals surface area contributed by atoms with Crippen LogP contribution < -0.4 is 5.73 Å². The molecule has 3 saturated carbocycles. The minimum atomic E-state index is -0.111. The Morgan fingerprint density at radius 3 is 2.88 bits per heavy atom.